The number of aromatic nitrogens is 1. The molecule has 0 fully saturated rings. The van der Waals surface area contributed by atoms with Crippen molar-refractivity contribution in [2.45, 2.75) is 6.42 Å². The number of hydrogen-bond donors (Lipinski definition) is 0. The molecule has 0 spiro atoms. The Morgan fingerprint density at radius 2 is 2.27 bits per heavy atom. The zero-order chi connectivity index (χ0) is 11.3. The van der Waals surface area contributed by atoms with E-state index in [1.165, 1.54) is 12.3 Å². The van der Waals surface area contributed by atoms with Gasteiger partial charge in [-0.15, -0.1) is 0 Å². The van der Waals surface area contributed by atoms with Gasteiger partial charge in [-0.2, -0.15) is 4.39 Å². The molecule has 0 saturated carbocycles. The highest BCUT2D eigenvalue weighted by molar-refractivity contribution is 7.90. The summed E-state index contributed by atoms with van der Waals surface area (Å²) in [6.07, 6.45) is 2.93. The number of pyridine rings is 1. The monoisotopic (exact) mass is 233 g/mol. The van der Waals surface area contributed by atoms with E-state index in [4.69, 9.17) is 4.74 Å². The van der Waals surface area contributed by atoms with Crippen LogP contribution in [0.25, 0.3) is 0 Å². The van der Waals surface area contributed by atoms with Crippen LogP contribution in [0.3, 0.4) is 0 Å². The molecule has 0 N–H and O–H groups in total. The van der Waals surface area contributed by atoms with E-state index in [-0.39, 0.29) is 12.5 Å². The summed E-state index contributed by atoms with van der Waals surface area (Å²) in [5.41, 5.74) is 0.732. The molecule has 0 bridgehead atoms. The van der Waals surface area contributed by atoms with Crippen LogP contribution in [0.1, 0.15) is 5.56 Å². The van der Waals surface area contributed by atoms with Gasteiger partial charge < -0.3 is 4.74 Å². The topological polar surface area (TPSA) is 56.3 Å². The quantitative estimate of drug-likeness (QED) is 0.557. The Labute approximate surface area is 88.0 Å². The summed E-state index contributed by atoms with van der Waals surface area (Å²) >= 11 is 0. The highest BCUT2D eigenvalue weighted by Crippen LogP contribution is 2.01. The Kier molecular flexibility index (Phi) is 4.16. The lowest BCUT2D eigenvalue weighted by atomic mass is 10.2. The largest absolute Gasteiger partial charge is 0.365 e. The number of ether oxygens (including phenoxy) is 1. The van der Waals surface area contributed by atoms with Crippen LogP contribution in [0, 0.1) is 5.95 Å². The normalized spacial score (nSPS) is 11.6. The fourth-order valence-corrected chi connectivity index (χ4v) is 1.42. The molecule has 0 aliphatic heterocycles. The number of sulfone groups is 1. The molecule has 0 amide bonds. The minimum atomic E-state index is -3.10. The standard InChI is InChI=1S/C9H12FNO3S/c1-15(12,13)7-14-5-3-8-2-4-11-9(10)6-8/h2,4,6H,3,5,7H2,1H3. The van der Waals surface area contributed by atoms with Crippen molar-refractivity contribution in [3.63, 3.8) is 0 Å². The lowest BCUT2D eigenvalue weighted by Crippen LogP contribution is -2.09. The average molecular weight is 233 g/mol. The Morgan fingerprint density at radius 1 is 1.53 bits per heavy atom. The molecule has 15 heavy (non-hydrogen) atoms. The molecule has 0 aliphatic rings. The molecule has 0 aliphatic carbocycles. The van der Waals surface area contributed by atoms with Gasteiger partial charge in [-0.25, -0.2) is 13.4 Å². The highest BCUT2D eigenvalue weighted by Gasteiger charge is 2.02. The summed E-state index contributed by atoms with van der Waals surface area (Å²) in [7, 11) is -3.10. The van der Waals surface area contributed by atoms with Gasteiger partial charge in [0.2, 0.25) is 5.95 Å². The molecule has 1 aromatic rings. The molecule has 0 unspecified atom stereocenters. The maximum atomic E-state index is 12.6. The van der Waals surface area contributed by atoms with Gasteiger partial charge in [0.05, 0.1) is 6.61 Å². The predicted molar refractivity (Wildman–Crippen MR) is 53.6 cm³/mol. The smallest absolute Gasteiger partial charge is 0.213 e. The van der Waals surface area contributed by atoms with Crippen molar-refractivity contribution >= 4 is 9.84 Å². The molecule has 0 radical (unpaired) electrons. The molecule has 1 rings (SSSR count). The van der Waals surface area contributed by atoms with Crippen LogP contribution in [-0.2, 0) is 21.0 Å². The second-order valence-electron chi connectivity index (χ2n) is 3.19. The lowest BCUT2D eigenvalue weighted by Gasteiger charge is -2.02. The molecule has 1 heterocycles. The Bertz CT molecular complexity index is 419. The number of nitrogens with zero attached hydrogens (tertiary/aromatic N) is 1. The molecular weight excluding hydrogens is 221 g/mol. The predicted octanol–water partition coefficient (Wildman–Crippen LogP) is 0.782. The maximum absolute atomic E-state index is 12.6. The van der Waals surface area contributed by atoms with E-state index in [1.807, 2.05) is 0 Å². The van der Waals surface area contributed by atoms with Gasteiger partial charge >= 0.3 is 0 Å². The number of halogens is 1. The van der Waals surface area contributed by atoms with Gasteiger partial charge in [0, 0.05) is 12.5 Å². The first-order valence-electron chi connectivity index (χ1n) is 4.33. The zero-order valence-electron chi connectivity index (χ0n) is 8.31. The Morgan fingerprint density at radius 3 is 2.87 bits per heavy atom. The fourth-order valence-electron chi connectivity index (χ4n) is 0.998. The van der Waals surface area contributed by atoms with Crippen LogP contribution in [0.5, 0.6) is 0 Å². The van der Waals surface area contributed by atoms with Crippen molar-refractivity contribution in [2.24, 2.45) is 0 Å². The highest BCUT2D eigenvalue weighted by atomic mass is 32.2. The van der Waals surface area contributed by atoms with E-state index in [1.54, 1.807) is 6.07 Å². The third-order valence-corrected chi connectivity index (χ3v) is 2.22. The van der Waals surface area contributed by atoms with Crippen molar-refractivity contribution in [1.29, 1.82) is 0 Å². The summed E-state index contributed by atoms with van der Waals surface area (Å²) in [4.78, 5) is 3.40. The van der Waals surface area contributed by atoms with Crippen LogP contribution in [0.2, 0.25) is 0 Å². The second kappa shape index (κ2) is 5.18. The number of hydrogen-bond acceptors (Lipinski definition) is 4. The summed E-state index contributed by atoms with van der Waals surface area (Å²) in [5.74, 6) is -0.851. The van der Waals surface area contributed by atoms with Gasteiger partial charge in [-0.3, -0.25) is 0 Å². The Balaban J connectivity index is 2.32. The minimum absolute atomic E-state index is 0.247. The van der Waals surface area contributed by atoms with Gasteiger partial charge in [0.15, 0.2) is 9.84 Å². The van der Waals surface area contributed by atoms with Crippen molar-refractivity contribution in [3.8, 4) is 0 Å². The van der Waals surface area contributed by atoms with Crippen molar-refractivity contribution in [3.05, 3.63) is 29.8 Å². The van der Waals surface area contributed by atoms with Crippen molar-refractivity contribution in [2.75, 3.05) is 18.8 Å². The number of rotatable bonds is 5. The summed E-state index contributed by atoms with van der Waals surface area (Å²) < 4.78 is 38.9. The van der Waals surface area contributed by atoms with Crippen LogP contribution in [0.4, 0.5) is 4.39 Å². The minimum Gasteiger partial charge on any atom is -0.365 e. The van der Waals surface area contributed by atoms with Crippen LogP contribution in [-0.4, -0.2) is 32.2 Å². The summed E-state index contributed by atoms with van der Waals surface area (Å²) in [6, 6.07) is 2.96. The van der Waals surface area contributed by atoms with Gasteiger partial charge in [0.1, 0.15) is 5.94 Å². The molecule has 84 valence electrons. The summed E-state index contributed by atoms with van der Waals surface area (Å²) in [6.45, 7) is 0.247. The fraction of sp³-hybridized carbons (Fsp3) is 0.444. The van der Waals surface area contributed by atoms with Crippen LogP contribution < -0.4 is 0 Å². The van der Waals surface area contributed by atoms with E-state index in [0.29, 0.717) is 6.42 Å². The molecule has 0 atom stereocenters. The molecule has 0 aromatic carbocycles. The molecular formula is C9H12FNO3S. The van der Waals surface area contributed by atoms with E-state index in [2.05, 4.69) is 4.98 Å². The lowest BCUT2D eigenvalue weighted by molar-refractivity contribution is 0.180. The zero-order valence-corrected chi connectivity index (χ0v) is 9.13. The molecule has 1 aromatic heterocycles. The second-order valence-corrected chi connectivity index (χ2v) is 5.28. The third kappa shape index (κ3) is 5.44. The summed E-state index contributed by atoms with van der Waals surface area (Å²) in [5, 5.41) is 0. The van der Waals surface area contributed by atoms with Crippen molar-refractivity contribution in [1.82, 2.24) is 4.98 Å². The molecule has 6 heteroatoms. The van der Waals surface area contributed by atoms with E-state index >= 15 is 0 Å². The van der Waals surface area contributed by atoms with Gasteiger partial charge in [-0.05, 0) is 24.1 Å². The van der Waals surface area contributed by atoms with E-state index in [9.17, 15) is 12.8 Å². The van der Waals surface area contributed by atoms with Gasteiger partial charge in [-0.1, -0.05) is 0 Å². The maximum Gasteiger partial charge on any atom is 0.213 e. The first-order valence-corrected chi connectivity index (χ1v) is 6.39. The van der Waals surface area contributed by atoms with Crippen molar-refractivity contribution < 1.29 is 17.5 Å². The van der Waals surface area contributed by atoms with E-state index < -0.39 is 15.8 Å². The Hall–Kier alpha value is -1.01. The SMILES string of the molecule is CS(=O)(=O)COCCc1ccnc(F)c1. The first kappa shape index (κ1) is 12.1. The first-order chi connectivity index (χ1) is 6.97. The molecule has 0 saturated heterocycles. The molecule has 4 nitrogen and oxygen atoms in total. The van der Waals surface area contributed by atoms with Crippen LogP contribution >= 0.6 is 0 Å². The van der Waals surface area contributed by atoms with E-state index in [0.717, 1.165) is 11.8 Å². The third-order valence-electron chi connectivity index (χ3n) is 1.62. The van der Waals surface area contributed by atoms with Crippen LogP contribution in [0.15, 0.2) is 18.3 Å². The van der Waals surface area contributed by atoms with Gasteiger partial charge in [0.25, 0.3) is 0 Å². The average Bonchev–Trinajstić information content (AvgIpc) is 2.11.